The normalized spacial score (nSPS) is 10.8. The van der Waals surface area contributed by atoms with E-state index in [0.29, 0.717) is 27.9 Å². The summed E-state index contributed by atoms with van der Waals surface area (Å²) in [5, 5.41) is 6.67. The number of hydrogen-bond acceptors (Lipinski definition) is 3. The van der Waals surface area contributed by atoms with Gasteiger partial charge in [-0.2, -0.15) is 5.10 Å². The molecule has 0 aliphatic heterocycles. The Morgan fingerprint density at radius 2 is 1.90 bits per heavy atom. The third-order valence-electron chi connectivity index (χ3n) is 3.37. The first-order chi connectivity index (χ1) is 10.1. The number of carbonyl (C=O) groups excluding carboxylic acids is 1. The highest BCUT2D eigenvalue weighted by Crippen LogP contribution is 2.35. The first kappa shape index (κ1) is 13.6. The SMILES string of the molecule is Cc1nn(C)c(Oc2ccc(Cl)c3ccccc23)c1C=O. The summed E-state index contributed by atoms with van der Waals surface area (Å²) in [7, 11) is 1.74. The molecule has 2 aromatic carbocycles. The van der Waals surface area contributed by atoms with Gasteiger partial charge in [0.15, 0.2) is 6.29 Å². The lowest BCUT2D eigenvalue weighted by Gasteiger charge is -2.10. The first-order valence-electron chi connectivity index (χ1n) is 6.45. The van der Waals surface area contributed by atoms with Crippen molar-refractivity contribution < 1.29 is 9.53 Å². The van der Waals surface area contributed by atoms with Gasteiger partial charge < -0.3 is 4.74 Å². The van der Waals surface area contributed by atoms with E-state index in [2.05, 4.69) is 5.10 Å². The van der Waals surface area contributed by atoms with E-state index in [1.165, 1.54) is 0 Å². The Morgan fingerprint density at radius 1 is 1.19 bits per heavy atom. The molecule has 0 spiro atoms. The second kappa shape index (κ2) is 5.22. The van der Waals surface area contributed by atoms with E-state index in [4.69, 9.17) is 16.3 Å². The van der Waals surface area contributed by atoms with E-state index in [1.54, 1.807) is 30.8 Å². The molecule has 3 aromatic rings. The second-order valence-electron chi connectivity index (χ2n) is 4.74. The summed E-state index contributed by atoms with van der Waals surface area (Å²) in [6.45, 7) is 1.77. The number of aryl methyl sites for hydroxylation is 2. The minimum Gasteiger partial charge on any atom is -0.438 e. The highest BCUT2D eigenvalue weighted by atomic mass is 35.5. The maximum absolute atomic E-state index is 11.2. The molecule has 0 atom stereocenters. The standard InChI is InChI=1S/C16H13ClN2O2/c1-10-13(9-20)16(19(2)18-10)21-15-8-7-14(17)11-5-3-4-6-12(11)15/h3-9H,1-2H3. The smallest absolute Gasteiger partial charge is 0.228 e. The number of aromatic nitrogens is 2. The van der Waals surface area contributed by atoms with Crippen molar-refractivity contribution in [1.82, 2.24) is 9.78 Å². The molecule has 4 nitrogen and oxygen atoms in total. The molecular formula is C16H13ClN2O2. The van der Waals surface area contributed by atoms with Gasteiger partial charge in [0.05, 0.1) is 11.3 Å². The topological polar surface area (TPSA) is 44.1 Å². The summed E-state index contributed by atoms with van der Waals surface area (Å²) < 4.78 is 7.49. The van der Waals surface area contributed by atoms with Crippen molar-refractivity contribution in [3.63, 3.8) is 0 Å². The Hall–Kier alpha value is -2.33. The van der Waals surface area contributed by atoms with Crippen molar-refractivity contribution in [2.45, 2.75) is 6.92 Å². The van der Waals surface area contributed by atoms with Crippen molar-refractivity contribution in [2.24, 2.45) is 7.05 Å². The number of hydrogen-bond donors (Lipinski definition) is 0. The van der Waals surface area contributed by atoms with Gasteiger partial charge >= 0.3 is 0 Å². The average molecular weight is 301 g/mol. The van der Waals surface area contributed by atoms with Crippen LogP contribution in [0.15, 0.2) is 36.4 Å². The molecule has 5 heteroatoms. The summed E-state index contributed by atoms with van der Waals surface area (Å²) in [5.41, 5.74) is 1.09. The van der Waals surface area contributed by atoms with Crippen molar-refractivity contribution in [2.75, 3.05) is 0 Å². The van der Waals surface area contributed by atoms with Gasteiger partial charge in [0.2, 0.25) is 5.88 Å². The fourth-order valence-electron chi connectivity index (χ4n) is 2.34. The molecule has 3 rings (SSSR count). The molecule has 106 valence electrons. The van der Waals surface area contributed by atoms with Crippen LogP contribution in [-0.4, -0.2) is 16.1 Å². The van der Waals surface area contributed by atoms with Crippen molar-refractivity contribution in [3.05, 3.63) is 52.7 Å². The fraction of sp³-hybridized carbons (Fsp3) is 0.125. The van der Waals surface area contributed by atoms with Crippen molar-refractivity contribution >= 4 is 28.7 Å². The molecule has 0 saturated heterocycles. The molecular weight excluding hydrogens is 288 g/mol. The van der Waals surface area contributed by atoms with E-state index < -0.39 is 0 Å². The molecule has 0 N–H and O–H groups in total. The number of carbonyl (C=O) groups is 1. The Morgan fingerprint density at radius 3 is 2.62 bits per heavy atom. The van der Waals surface area contributed by atoms with Gasteiger partial charge in [0.1, 0.15) is 5.75 Å². The summed E-state index contributed by atoms with van der Waals surface area (Å²) in [5.74, 6) is 1.07. The van der Waals surface area contributed by atoms with Crippen molar-refractivity contribution in [3.8, 4) is 11.6 Å². The quantitative estimate of drug-likeness (QED) is 0.683. The molecule has 0 bridgehead atoms. The zero-order valence-corrected chi connectivity index (χ0v) is 12.4. The predicted octanol–water partition coefficient (Wildman–Crippen LogP) is 4.14. The third kappa shape index (κ3) is 2.28. The number of fused-ring (bicyclic) bond motifs is 1. The van der Waals surface area contributed by atoms with Crippen LogP contribution in [0.2, 0.25) is 5.02 Å². The predicted molar refractivity (Wildman–Crippen MR) is 82.4 cm³/mol. The van der Waals surface area contributed by atoms with Gasteiger partial charge in [0, 0.05) is 22.8 Å². The minimum atomic E-state index is 0.426. The van der Waals surface area contributed by atoms with Crippen LogP contribution in [0.25, 0.3) is 10.8 Å². The van der Waals surface area contributed by atoms with Crippen LogP contribution < -0.4 is 4.74 Å². The van der Waals surface area contributed by atoms with E-state index in [0.717, 1.165) is 17.1 Å². The number of rotatable bonds is 3. The molecule has 0 fully saturated rings. The molecule has 21 heavy (non-hydrogen) atoms. The zero-order chi connectivity index (χ0) is 15.0. The monoisotopic (exact) mass is 300 g/mol. The second-order valence-corrected chi connectivity index (χ2v) is 5.15. The Bertz CT molecular complexity index is 840. The summed E-state index contributed by atoms with van der Waals surface area (Å²) >= 11 is 6.20. The van der Waals surface area contributed by atoms with Crippen LogP contribution in [0.3, 0.4) is 0 Å². The van der Waals surface area contributed by atoms with Gasteiger partial charge in [-0.25, -0.2) is 4.68 Å². The summed E-state index contributed by atoms with van der Waals surface area (Å²) in [6.07, 6.45) is 0.760. The van der Waals surface area contributed by atoms with Crippen LogP contribution in [0.1, 0.15) is 16.1 Å². The largest absolute Gasteiger partial charge is 0.438 e. The zero-order valence-electron chi connectivity index (χ0n) is 11.6. The average Bonchev–Trinajstić information content (AvgIpc) is 2.76. The molecule has 0 amide bonds. The highest BCUT2D eigenvalue weighted by Gasteiger charge is 2.16. The number of halogens is 1. The maximum atomic E-state index is 11.2. The van der Waals surface area contributed by atoms with Crippen molar-refractivity contribution in [1.29, 1.82) is 0 Å². The lowest BCUT2D eigenvalue weighted by atomic mass is 10.1. The van der Waals surface area contributed by atoms with Gasteiger partial charge in [-0.05, 0) is 19.1 Å². The van der Waals surface area contributed by atoms with Crippen LogP contribution in [-0.2, 0) is 7.05 Å². The molecule has 1 aromatic heterocycles. The van der Waals surface area contributed by atoms with E-state index >= 15 is 0 Å². The molecule has 0 radical (unpaired) electrons. The third-order valence-corrected chi connectivity index (χ3v) is 3.70. The maximum Gasteiger partial charge on any atom is 0.228 e. The number of aldehydes is 1. The Kier molecular flexibility index (Phi) is 3.39. The van der Waals surface area contributed by atoms with Gasteiger partial charge in [-0.15, -0.1) is 0 Å². The van der Waals surface area contributed by atoms with Crippen LogP contribution in [0.5, 0.6) is 11.6 Å². The number of ether oxygens (including phenoxy) is 1. The minimum absolute atomic E-state index is 0.426. The number of nitrogens with zero attached hydrogens (tertiary/aromatic N) is 2. The highest BCUT2D eigenvalue weighted by molar-refractivity contribution is 6.35. The summed E-state index contributed by atoms with van der Waals surface area (Å²) in [4.78, 5) is 11.2. The fourth-order valence-corrected chi connectivity index (χ4v) is 2.57. The van der Waals surface area contributed by atoms with E-state index in [-0.39, 0.29) is 0 Å². The lowest BCUT2D eigenvalue weighted by Crippen LogP contribution is -1.97. The molecule has 0 aliphatic rings. The molecule has 0 saturated carbocycles. The molecule has 1 heterocycles. The van der Waals surface area contributed by atoms with E-state index in [9.17, 15) is 4.79 Å². The van der Waals surface area contributed by atoms with Gasteiger partial charge in [0.25, 0.3) is 0 Å². The summed E-state index contributed by atoms with van der Waals surface area (Å²) in [6, 6.07) is 11.3. The Labute approximate surface area is 126 Å². The molecule has 0 unspecified atom stereocenters. The van der Waals surface area contributed by atoms with Crippen LogP contribution >= 0.6 is 11.6 Å². The van der Waals surface area contributed by atoms with Gasteiger partial charge in [-0.1, -0.05) is 35.9 Å². The lowest BCUT2D eigenvalue weighted by molar-refractivity contribution is 0.112. The Balaban J connectivity index is 2.15. The molecule has 0 aliphatic carbocycles. The van der Waals surface area contributed by atoms with Crippen LogP contribution in [0.4, 0.5) is 0 Å². The van der Waals surface area contributed by atoms with E-state index in [1.807, 2.05) is 24.3 Å². The number of benzene rings is 2. The first-order valence-corrected chi connectivity index (χ1v) is 6.83. The van der Waals surface area contributed by atoms with Gasteiger partial charge in [-0.3, -0.25) is 4.79 Å². The van der Waals surface area contributed by atoms with Crippen LogP contribution in [0, 0.1) is 6.92 Å².